The van der Waals surface area contributed by atoms with E-state index >= 15 is 0 Å². The summed E-state index contributed by atoms with van der Waals surface area (Å²) in [6.45, 7) is 0.934. The standard InChI is InChI=1S/C19H23BN4O5/c25-16-7-6-13(10-17(16)26)11-18(20(28)29)21-19(27)8-9-24-12-15(22-23-24)14-4-2-1-3-5-14/h1-7,10,15,18,25-26,28-29H,8-9,11-12H2,(H,21,27). The Morgan fingerprint density at radius 1 is 1.17 bits per heavy atom. The highest BCUT2D eigenvalue weighted by atomic mass is 16.4. The molecule has 0 aliphatic carbocycles. The smallest absolute Gasteiger partial charge is 0.475 e. The molecule has 0 fully saturated rings. The van der Waals surface area contributed by atoms with Crippen LogP contribution in [0.2, 0.25) is 0 Å². The summed E-state index contributed by atoms with van der Waals surface area (Å²) < 4.78 is 0. The molecule has 10 heteroatoms. The molecule has 2 aromatic carbocycles. The van der Waals surface area contributed by atoms with Crippen LogP contribution in [0.1, 0.15) is 23.6 Å². The predicted octanol–water partition coefficient (Wildman–Crippen LogP) is 0.951. The van der Waals surface area contributed by atoms with Crippen LogP contribution in [0.25, 0.3) is 0 Å². The zero-order chi connectivity index (χ0) is 20.8. The molecule has 29 heavy (non-hydrogen) atoms. The normalized spacial score (nSPS) is 16.6. The van der Waals surface area contributed by atoms with Gasteiger partial charge < -0.3 is 25.6 Å². The molecule has 0 radical (unpaired) electrons. The molecule has 2 unspecified atom stereocenters. The first-order chi connectivity index (χ1) is 13.9. The number of carbonyl (C=O) groups excluding carboxylic acids is 1. The van der Waals surface area contributed by atoms with Crippen molar-refractivity contribution in [3.63, 3.8) is 0 Å². The maximum Gasteiger partial charge on any atom is 0.475 e. The zero-order valence-electron chi connectivity index (χ0n) is 15.7. The number of phenolic OH excluding ortho intramolecular Hbond substituents is 2. The highest BCUT2D eigenvalue weighted by Gasteiger charge is 2.27. The first kappa shape index (κ1) is 20.6. The Morgan fingerprint density at radius 3 is 2.62 bits per heavy atom. The van der Waals surface area contributed by atoms with Crippen molar-refractivity contribution < 1.29 is 25.1 Å². The summed E-state index contributed by atoms with van der Waals surface area (Å²) in [4.78, 5) is 12.3. The van der Waals surface area contributed by atoms with E-state index in [9.17, 15) is 25.1 Å². The van der Waals surface area contributed by atoms with Crippen molar-refractivity contribution in [3.05, 3.63) is 59.7 Å². The molecule has 0 spiro atoms. The van der Waals surface area contributed by atoms with Crippen LogP contribution in [-0.2, 0) is 11.2 Å². The number of rotatable bonds is 8. The first-order valence-corrected chi connectivity index (χ1v) is 9.29. The number of hydrogen-bond donors (Lipinski definition) is 5. The quantitative estimate of drug-likeness (QED) is 0.332. The Balaban J connectivity index is 1.48. The Labute approximate surface area is 168 Å². The summed E-state index contributed by atoms with van der Waals surface area (Å²) in [5.41, 5.74) is 1.60. The minimum absolute atomic E-state index is 0.0616. The predicted molar refractivity (Wildman–Crippen MR) is 106 cm³/mol. The second-order valence-corrected chi connectivity index (χ2v) is 6.91. The number of aromatic hydroxyl groups is 2. The minimum atomic E-state index is -1.77. The Hall–Kier alpha value is -3.11. The molecule has 1 aliphatic heterocycles. The molecular weight excluding hydrogens is 375 g/mol. The lowest BCUT2D eigenvalue weighted by atomic mass is 9.76. The van der Waals surface area contributed by atoms with Crippen molar-refractivity contribution in [2.45, 2.75) is 24.8 Å². The molecule has 0 saturated heterocycles. The van der Waals surface area contributed by atoms with Crippen molar-refractivity contribution in [1.29, 1.82) is 0 Å². The van der Waals surface area contributed by atoms with E-state index in [1.807, 2.05) is 30.3 Å². The van der Waals surface area contributed by atoms with Crippen LogP contribution in [0.3, 0.4) is 0 Å². The summed E-state index contributed by atoms with van der Waals surface area (Å²) in [6.07, 6.45) is 0.196. The summed E-state index contributed by atoms with van der Waals surface area (Å²) in [6, 6.07) is 13.9. The van der Waals surface area contributed by atoms with Gasteiger partial charge in [0.1, 0.15) is 6.04 Å². The summed E-state index contributed by atoms with van der Waals surface area (Å²) >= 11 is 0. The van der Waals surface area contributed by atoms with Crippen LogP contribution in [-0.4, -0.2) is 57.3 Å². The monoisotopic (exact) mass is 398 g/mol. The average molecular weight is 398 g/mol. The van der Waals surface area contributed by atoms with Gasteiger partial charge in [-0.05, 0) is 29.7 Å². The number of nitrogens with one attached hydrogen (secondary N) is 1. The molecule has 1 aliphatic rings. The summed E-state index contributed by atoms with van der Waals surface area (Å²) in [5.74, 6) is -1.90. The molecule has 3 rings (SSSR count). The number of phenols is 2. The third-order valence-electron chi connectivity index (χ3n) is 4.68. The van der Waals surface area contributed by atoms with E-state index in [-0.39, 0.29) is 36.3 Å². The van der Waals surface area contributed by atoms with Gasteiger partial charge >= 0.3 is 7.12 Å². The molecule has 9 nitrogen and oxygen atoms in total. The maximum absolute atomic E-state index is 12.3. The van der Waals surface area contributed by atoms with Crippen molar-refractivity contribution in [2.24, 2.45) is 10.3 Å². The van der Waals surface area contributed by atoms with Crippen molar-refractivity contribution in [1.82, 2.24) is 10.3 Å². The first-order valence-electron chi connectivity index (χ1n) is 9.29. The Kier molecular flexibility index (Phi) is 6.68. The van der Waals surface area contributed by atoms with Crippen LogP contribution in [0.4, 0.5) is 0 Å². The van der Waals surface area contributed by atoms with Crippen LogP contribution in [0, 0.1) is 0 Å². The van der Waals surface area contributed by atoms with Gasteiger partial charge in [-0.3, -0.25) is 9.80 Å². The van der Waals surface area contributed by atoms with Gasteiger partial charge in [-0.2, -0.15) is 5.11 Å². The minimum Gasteiger partial charge on any atom is -0.504 e. The van der Waals surface area contributed by atoms with E-state index in [1.54, 1.807) is 5.01 Å². The van der Waals surface area contributed by atoms with Crippen LogP contribution in [0.5, 0.6) is 11.5 Å². The molecule has 2 aromatic rings. The second-order valence-electron chi connectivity index (χ2n) is 6.91. The third kappa shape index (κ3) is 5.69. The third-order valence-corrected chi connectivity index (χ3v) is 4.68. The summed E-state index contributed by atoms with van der Waals surface area (Å²) in [7, 11) is -1.77. The Morgan fingerprint density at radius 2 is 1.93 bits per heavy atom. The number of amides is 1. The van der Waals surface area contributed by atoms with Gasteiger partial charge in [-0.25, -0.2) is 0 Å². The fraction of sp³-hybridized carbons (Fsp3) is 0.316. The topological polar surface area (TPSA) is 138 Å². The number of nitrogens with zero attached hydrogens (tertiary/aromatic N) is 3. The molecule has 1 amide bonds. The molecule has 152 valence electrons. The van der Waals surface area contributed by atoms with E-state index in [2.05, 4.69) is 15.7 Å². The molecule has 5 N–H and O–H groups in total. The van der Waals surface area contributed by atoms with Gasteiger partial charge in [0.05, 0.1) is 12.5 Å². The fourth-order valence-corrected chi connectivity index (χ4v) is 3.08. The van der Waals surface area contributed by atoms with Crippen LogP contribution < -0.4 is 5.32 Å². The fourth-order valence-electron chi connectivity index (χ4n) is 3.08. The van der Waals surface area contributed by atoms with Gasteiger partial charge in [0.2, 0.25) is 5.91 Å². The number of carbonyl (C=O) groups is 1. The molecule has 0 bridgehead atoms. The second kappa shape index (κ2) is 9.40. The largest absolute Gasteiger partial charge is 0.504 e. The molecule has 0 saturated carbocycles. The van der Waals surface area contributed by atoms with Crippen molar-refractivity contribution in [2.75, 3.05) is 13.1 Å². The number of benzene rings is 2. The van der Waals surface area contributed by atoms with Gasteiger partial charge in [0.25, 0.3) is 0 Å². The van der Waals surface area contributed by atoms with Gasteiger partial charge in [0, 0.05) is 13.0 Å². The average Bonchev–Trinajstić information content (AvgIpc) is 3.18. The van der Waals surface area contributed by atoms with E-state index in [0.717, 1.165) is 5.56 Å². The maximum atomic E-state index is 12.3. The Bertz CT molecular complexity index is 865. The number of hydrogen-bond acceptors (Lipinski definition) is 8. The SMILES string of the molecule is O=C(CCN1CC(c2ccccc2)N=N1)NC(Cc1ccc(O)c(O)c1)B(O)O. The molecular formula is C19H23BN4O5. The highest BCUT2D eigenvalue weighted by molar-refractivity contribution is 6.43. The molecule has 0 aromatic heterocycles. The molecule has 2 atom stereocenters. The lowest BCUT2D eigenvalue weighted by molar-refractivity contribution is -0.121. The lowest BCUT2D eigenvalue weighted by Crippen LogP contribution is -2.48. The molecule has 1 heterocycles. The van der Waals surface area contributed by atoms with Crippen molar-refractivity contribution in [3.8, 4) is 11.5 Å². The van der Waals surface area contributed by atoms with E-state index < -0.39 is 13.1 Å². The van der Waals surface area contributed by atoms with E-state index in [1.165, 1.54) is 18.2 Å². The van der Waals surface area contributed by atoms with Gasteiger partial charge in [-0.15, -0.1) is 0 Å². The highest BCUT2D eigenvalue weighted by Crippen LogP contribution is 2.26. The lowest BCUT2D eigenvalue weighted by Gasteiger charge is -2.19. The zero-order valence-corrected chi connectivity index (χ0v) is 15.7. The van der Waals surface area contributed by atoms with Crippen LogP contribution in [0.15, 0.2) is 58.9 Å². The van der Waals surface area contributed by atoms with Gasteiger partial charge in [-0.1, -0.05) is 41.6 Å². The van der Waals surface area contributed by atoms with E-state index in [4.69, 9.17) is 0 Å². The van der Waals surface area contributed by atoms with E-state index in [0.29, 0.717) is 18.7 Å². The van der Waals surface area contributed by atoms with Crippen LogP contribution >= 0.6 is 0 Å². The van der Waals surface area contributed by atoms with Gasteiger partial charge in [0.15, 0.2) is 11.5 Å². The van der Waals surface area contributed by atoms with Crippen molar-refractivity contribution >= 4 is 13.0 Å². The summed E-state index contributed by atoms with van der Waals surface area (Å²) in [5, 5.41) is 50.7.